The summed E-state index contributed by atoms with van der Waals surface area (Å²) in [5, 5.41) is 3.30. The van der Waals surface area contributed by atoms with Gasteiger partial charge in [-0.15, -0.1) is 0 Å². The van der Waals surface area contributed by atoms with E-state index in [1.807, 2.05) is 42.5 Å². The number of furan rings is 1. The molecule has 0 amide bonds. The number of hydrogen-bond donors (Lipinski definition) is 0. The third-order valence-electron chi connectivity index (χ3n) is 6.90. The molecule has 1 aliphatic heterocycles. The Morgan fingerprint density at radius 3 is 2.22 bits per heavy atom. The molecule has 32 heavy (non-hydrogen) atoms. The number of hydrogen-bond acceptors (Lipinski definition) is 4. The minimum Gasteiger partial charge on any atom is -0.454 e. The van der Waals surface area contributed by atoms with Crippen molar-refractivity contribution in [2.75, 3.05) is 0 Å². The van der Waals surface area contributed by atoms with Crippen LogP contribution in [0.1, 0.15) is 27.7 Å². The second-order valence-corrected chi connectivity index (χ2v) is 9.49. The number of nitrogens with zero attached hydrogens (tertiary/aromatic N) is 1. The number of rotatable bonds is 2. The number of para-hydroxylation sites is 2. The van der Waals surface area contributed by atoms with Gasteiger partial charge in [-0.2, -0.15) is 0 Å². The van der Waals surface area contributed by atoms with Gasteiger partial charge >= 0.3 is 7.12 Å². The summed E-state index contributed by atoms with van der Waals surface area (Å²) in [5.41, 5.74) is 4.62. The molecule has 2 aromatic heterocycles. The van der Waals surface area contributed by atoms with E-state index < -0.39 is 7.12 Å². The molecule has 1 aliphatic rings. The molecular formula is C27H24BNO3. The predicted molar refractivity (Wildman–Crippen MR) is 130 cm³/mol. The van der Waals surface area contributed by atoms with Crippen LogP contribution in [0.3, 0.4) is 0 Å². The van der Waals surface area contributed by atoms with Crippen molar-refractivity contribution in [1.82, 2.24) is 4.98 Å². The first-order valence-electron chi connectivity index (χ1n) is 11.0. The Morgan fingerprint density at radius 1 is 0.750 bits per heavy atom. The molecule has 158 valence electrons. The summed E-state index contributed by atoms with van der Waals surface area (Å²) in [6.45, 7) is 8.28. The van der Waals surface area contributed by atoms with Crippen LogP contribution in [0.15, 0.2) is 77.2 Å². The minimum atomic E-state index is -0.424. The van der Waals surface area contributed by atoms with Gasteiger partial charge in [0.05, 0.1) is 16.7 Å². The Hall–Kier alpha value is -3.15. The highest BCUT2D eigenvalue weighted by molar-refractivity contribution is 6.62. The normalized spacial score (nSPS) is 17.6. The van der Waals surface area contributed by atoms with Gasteiger partial charge in [0.15, 0.2) is 5.58 Å². The van der Waals surface area contributed by atoms with Gasteiger partial charge in [0.25, 0.3) is 0 Å². The molecule has 6 rings (SSSR count). The molecule has 5 heteroatoms. The number of pyridine rings is 1. The molecule has 1 fully saturated rings. The quantitative estimate of drug-likeness (QED) is 0.323. The largest absolute Gasteiger partial charge is 0.494 e. The predicted octanol–water partition coefficient (Wildman–Crippen LogP) is 6.10. The molecule has 5 aromatic rings. The molecule has 1 saturated heterocycles. The van der Waals surface area contributed by atoms with Crippen LogP contribution in [-0.4, -0.2) is 23.3 Å². The van der Waals surface area contributed by atoms with Crippen molar-refractivity contribution >= 4 is 45.4 Å². The van der Waals surface area contributed by atoms with E-state index in [2.05, 4.69) is 58.0 Å². The van der Waals surface area contributed by atoms with Gasteiger partial charge in [-0.25, -0.2) is 4.98 Å². The lowest BCUT2D eigenvalue weighted by atomic mass is 9.78. The zero-order valence-corrected chi connectivity index (χ0v) is 18.7. The van der Waals surface area contributed by atoms with E-state index >= 15 is 0 Å². The Kier molecular flexibility index (Phi) is 4.08. The van der Waals surface area contributed by atoms with Crippen LogP contribution >= 0.6 is 0 Å². The Bertz CT molecular complexity index is 1490. The monoisotopic (exact) mass is 421 g/mol. The Balaban J connectivity index is 1.57. The van der Waals surface area contributed by atoms with Crippen LogP contribution in [0.4, 0.5) is 0 Å². The zero-order valence-electron chi connectivity index (χ0n) is 18.7. The lowest BCUT2D eigenvalue weighted by Gasteiger charge is -2.32. The first-order valence-corrected chi connectivity index (χ1v) is 11.0. The molecule has 4 nitrogen and oxygen atoms in total. The summed E-state index contributed by atoms with van der Waals surface area (Å²) in [5.74, 6) is 0. The highest BCUT2D eigenvalue weighted by Gasteiger charge is 2.51. The van der Waals surface area contributed by atoms with E-state index in [0.29, 0.717) is 0 Å². The molecule has 0 N–H and O–H groups in total. The highest BCUT2D eigenvalue weighted by Crippen LogP contribution is 2.40. The summed E-state index contributed by atoms with van der Waals surface area (Å²) >= 11 is 0. The van der Waals surface area contributed by atoms with Gasteiger partial charge in [0, 0.05) is 21.7 Å². The average Bonchev–Trinajstić information content (AvgIpc) is 3.27. The van der Waals surface area contributed by atoms with Gasteiger partial charge in [0.1, 0.15) is 11.3 Å². The fourth-order valence-corrected chi connectivity index (χ4v) is 4.44. The molecule has 0 radical (unpaired) electrons. The van der Waals surface area contributed by atoms with Crippen molar-refractivity contribution in [2.24, 2.45) is 0 Å². The summed E-state index contributed by atoms with van der Waals surface area (Å²) in [6.07, 6.45) is 0. The summed E-state index contributed by atoms with van der Waals surface area (Å²) in [7, 11) is -0.424. The van der Waals surface area contributed by atoms with Crippen LogP contribution in [0.2, 0.25) is 0 Å². The highest BCUT2D eigenvalue weighted by atomic mass is 16.7. The van der Waals surface area contributed by atoms with Gasteiger partial charge < -0.3 is 13.7 Å². The third kappa shape index (κ3) is 2.82. The van der Waals surface area contributed by atoms with E-state index in [0.717, 1.165) is 49.6 Å². The zero-order chi connectivity index (χ0) is 22.1. The molecule has 0 unspecified atom stereocenters. The SMILES string of the molecule is CC1(C)OB(c2cccc(-c3nc4ccccc4c4c3oc3ccccc34)c2)OC1(C)C. The smallest absolute Gasteiger partial charge is 0.454 e. The summed E-state index contributed by atoms with van der Waals surface area (Å²) < 4.78 is 18.9. The second-order valence-electron chi connectivity index (χ2n) is 9.49. The van der Waals surface area contributed by atoms with Crippen LogP contribution < -0.4 is 5.46 Å². The topological polar surface area (TPSA) is 44.5 Å². The summed E-state index contributed by atoms with van der Waals surface area (Å²) in [6, 6.07) is 24.6. The van der Waals surface area contributed by atoms with Gasteiger partial charge in [-0.1, -0.05) is 60.7 Å². The van der Waals surface area contributed by atoms with Crippen LogP contribution in [0.25, 0.3) is 44.1 Å². The lowest BCUT2D eigenvalue weighted by molar-refractivity contribution is 0.00578. The van der Waals surface area contributed by atoms with Crippen molar-refractivity contribution < 1.29 is 13.7 Å². The van der Waals surface area contributed by atoms with E-state index in [4.69, 9.17) is 18.7 Å². The summed E-state index contributed by atoms with van der Waals surface area (Å²) in [4.78, 5) is 5.02. The van der Waals surface area contributed by atoms with E-state index in [-0.39, 0.29) is 11.2 Å². The first-order chi connectivity index (χ1) is 15.3. The average molecular weight is 421 g/mol. The fraction of sp³-hybridized carbons (Fsp3) is 0.222. The first kappa shape index (κ1) is 19.5. The van der Waals surface area contributed by atoms with E-state index in [9.17, 15) is 0 Å². The minimum absolute atomic E-state index is 0.388. The van der Waals surface area contributed by atoms with Crippen molar-refractivity contribution in [2.45, 2.75) is 38.9 Å². The molecular weight excluding hydrogens is 397 g/mol. The van der Waals surface area contributed by atoms with Gasteiger partial charge in [-0.3, -0.25) is 0 Å². The van der Waals surface area contributed by atoms with Crippen molar-refractivity contribution in [3.63, 3.8) is 0 Å². The standard InChI is InChI=1S/C27H24BNO3/c1-26(2)27(3,4)32-28(31-26)18-11-9-10-17(16-18)24-25-23(19-12-5-7-14-21(19)29-24)20-13-6-8-15-22(20)30-25/h5-16H,1-4H3. The van der Waals surface area contributed by atoms with Crippen molar-refractivity contribution in [3.8, 4) is 11.3 Å². The molecule has 0 spiro atoms. The molecule has 0 saturated carbocycles. The molecule has 3 heterocycles. The van der Waals surface area contributed by atoms with Crippen LogP contribution in [-0.2, 0) is 9.31 Å². The maximum absolute atomic E-state index is 6.35. The Labute approximate surface area is 187 Å². The van der Waals surface area contributed by atoms with E-state index in [1.165, 1.54) is 0 Å². The van der Waals surface area contributed by atoms with Crippen LogP contribution in [0, 0.1) is 0 Å². The molecule has 3 aromatic carbocycles. The van der Waals surface area contributed by atoms with Gasteiger partial charge in [0.2, 0.25) is 0 Å². The van der Waals surface area contributed by atoms with Crippen molar-refractivity contribution in [3.05, 3.63) is 72.8 Å². The fourth-order valence-electron chi connectivity index (χ4n) is 4.44. The molecule has 0 aliphatic carbocycles. The number of fused-ring (bicyclic) bond motifs is 5. The number of benzene rings is 3. The maximum atomic E-state index is 6.35. The van der Waals surface area contributed by atoms with Crippen molar-refractivity contribution in [1.29, 1.82) is 0 Å². The third-order valence-corrected chi connectivity index (χ3v) is 6.90. The lowest BCUT2D eigenvalue weighted by Crippen LogP contribution is -2.41. The van der Waals surface area contributed by atoms with Gasteiger partial charge in [-0.05, 0) is 45.3 Å². The Morgan fingerprint density at radius 2 is 1.44 bits per heavy atom. The molecule has 0 bridgehead atoms. The van der Waals surface area contributed by atoms with E-state index in [1.54, 1.807) is 0 Å². The maximum Gasteiger partial charge on any atom is 0.494 e. The molecule has 0 atom stereocenters. The van der Waals surface area contributed by atoms with Crippen LogP contribution in [0.5, 0.6) is 0 Å². The second kappa shape index (κ2) is 6.68. The number of aromatic nitrogens is 1.